The largest absolute Gasteiger partial charge is 0.350 e. The molecule has 0 saturated carbocycles. The minimum absolute atomic E-state index is 0.0159. The van der Waals surface area contributed by atoms with Gasteiger partial charge >= 0.3 is 0 Å². The molecule has 0 saturated heterocycles. The van der Waals surface area contributed by atoms with Gasteiger partial charge in [0, 0.05) is 18.6 Å². The summed E-state index contributed by atoms with van der Waals surface area (Å²) >= 11 is 0. The highest BCUT2D eigenvalue weighted by Gasteiger charge is 2.13. The van der Waals surface area contributed by atoms with Gasteiger partial charge in [0.05, 0.1) is 36.6 Å². The second-order valence-corrected chi connectivity index (χ2v) is 4.50. The van der Waals surface area contributed by atoms with E-state index in [-0.39, 0.29) is 11.8 Å². The molecule has 0 bridgehead atoms. The molecule has 0 aromatic carbocycles. The third kappa shape index (κ3) is 3.87. The van der Waals surface area contributed by atoms with Gasteiger partial charge in [0.15, 0.2) is 0 Å². The zero-order valence-corrected chi connectivity index (χ0v) is 11.1. The van der Waals surface area contributed by atoms with Crippen molar-refractivity contribution in [2.24, 2.45) is 5.92 Å². The maximum Gasteiger partial charge on any atom is 0.225 e. The third-order valence-corrected chi connectivity index (χ3v) is 2.75. The number of aryl methyl sites for hydroxylation is 1. The van der Waals surface area contributed by atoms with Crippen molar-refractivity contribution < 1.29 is 4.79 Å². The number of rotatable bonds is 5. The number of nitrogens with one attached hydrogen (secondary N) is 1. The van der Waals surface area contributed by atoms with Crippen molar-refractivity contribution in [3.63, 3.8) is 0 Å². The average Bonchev–Trinajstić information content (AvgIpc) is 2.90. The number of carbonyl (C=O) groups is 1. The normalized spacial score (nSPS) is 12.1. The van der Waals surface area contributed by atoms with Gasteiger partial charge in [-0.25, -0.2) is 0 Å². The molecule has 0 aliphatic heterocycles. The predicted octanol–water partition coefficient (Wildman–Crippen LogP) is 0.934. The molecule has 2 heterocycles. The van der Waals surface area contributed by atoms with Crippen LogP contribution in [0.4, 0.5) is 0 Å². The Morgan fingerprint density at radius 2 is 2.26 bits per heavy atom. The summed E-state index contributed by atoms with van der Waals surface area (Å²) < 4.78 is 1.75. The molecular weight excluding hydrogens is 242 g/mol. The Labute approximate surface area is 111 Å². The number of carbonyl (C=O) groups excluding carboxylic acids is 1. The van der Waals surface area contributed by atoms with Gasteiger partial charge in [0.1, 0.15) is 0 Å². The highest BCUT2D eigenvalue weighted by molar-refractivity contribution is 5.78. The summed E-state index contributed by atoms with van der Waals surface area (Å²) in [5, 5.41) is 6.93. The highest BCUT2D eigenvalue weighted by atomic mass is 16.1. The van der Waals surface area contributed by atoms with Crippen LogP contribution in [-0.4, -0.2) is 25.7 Å². The zero-order valence-electron chi connectivity index (χ0n) is 11.1. The lowest BCUT2D eigenvalue weighted by molar-refractivity contribution is -0.125. The molecule has 6 heteroatoms. The summed E-state index contributed by atoms with van der Waals surface area (Å²) in [6, 6.07) is 1.84. The van der Waals surface area contributed by atoms with Crippen molar-refractivity contribution >= 4 is 5.91 Å². The minimum Gasteiger partial charge on any atom is -0.350 e. The smallest absolute Gasteiger partial charge is 0.225 e. The van der Waals surface area contributed by atoms with E-state index < -0.39 is 0 Å². The van der Waals surface area contributed by atoms with Crippen LogP contribution in [0.25, 0.3) is 0 Å². The molecule has 0 aliphatic rings. The van der Waals surface area contributed by atoms with Gasteiger partial charge in [-0.1, -0.05) is 6.92 Å². The quantitative estimate of drug-likeness (QED) is 0.867. The molecule has 2 aromatic rings. The topological polar surface area (TPSA) is 72.7 Å². The molecule has 1 amide bonds. The van der Waals surface area contributed by atoms with E-state index in [4.69, 9.17) is 0 Å². The van der Waals surface area contributed by atoms with Crippen LogP contribution >= 0.6 is 0 Å². The third-order valence-electron chi connectivity index (χ3n) is 2.75. The molecular formula is C13H17N5O. The molecule has 6 nitrogen and oxygen atoms in total. The highest BCUT2D eigenvalue weighted by Crippen LogP contribution is 2.01. The van der Waals surface area contributed by atoms with Gasteiger partial charge in [-0.05, 0) is 13.0 Å². The lowest BCUT2D eigenvalue weighted by atomic mass is 10.1. The second kappa shape index (κ2) is 6.08. The maximum atomic E-state index is 11.9. The van der Waals surface area contributed by atoms with Crippen LogP contribution in [0.3, 0.4) is 0 Å². The van der Waals surface area contributed by atoms with E-state index in [1.807, 2.05) is 26.1 Å². The van der Waals surface area contributed by atoms with Crippen molar-refractivity contribution in [1.29, 1.82) is 0 Å². The van der Waals surface area contributed by atoms with Crippen molar-refractivity contribution in [2.75, 3.05) is 0 Å². The fourth-order valence-corrected chi connectivity index (χ4v) is 1.63. The Balaban J connectivity index is 1.82. The van der Waals surface area contributed by atoms with E-state index in [1.54, 1.807) is 23.3 Å². The fraction of sp³-hybridized carbons (Fsp3) is 0.385. The van der Waals surface area contributed by atoms with Gasteiger partial charge in [-0.15, -0.1) is 0 Å². The van der Waals surface area contributed by atoms with Crippen LogP contribution in [0.1, 0.15) is 18.3 Å². The first-order valence-corrected chi connectivity index (χ1v) is 6.18. The number of hydrogen-bond acceptors (Lipinski definition) is 4. The first kappa shape index (κ1) is 13.2. The molecule has 0 unspecified atom stereocenters. The maximum absolute atomic E-state index is 11.9. The molecule has 100 valence electrons. The summed E-state index contributed by atoms with van der Waals surface area (Å²) in [5.41, 5.74) is 1.62. The second-order valence-electron chi connectivity index (χ2n) is 4.50. The standard InChI is InChI=1S/C13H17N5O/c1-10(9-18-5-3-4-17-18)13(19)16-8-12-7-14-11(2)6-15-12/h3-7,10H,8-9H2,1-2H3,(H,16,19)/t10-/m0/s1. The van der Waals surface area contributed by atoms with Crippen LogP contribution in [0.5, 0.6) is 0 Å². The lowest BCUT2D eigenvalue weighted by Gasteiger charge is -2.12. The molecule has 1 atom stereocenters. The Morgan fingerprint density at radius 1 is 1.42 bits per heavy atom. The van der Waals surface area contributed by atoms with Crippen LogP contribution in [0, 0.1) is 12.8 Å². The summed E-state index contributed by atoms with van der Waals surface area (Å²) in [7, 11) is 0. The average molecular weight is 259 g/mol. The Kier molecular flexibility index (Phi) is 4.22. The summed E-state index contributed by atoms with van der Waals surface area (Å²) in [6.07, 6.45) is 6.91. The molecule has 19 heavy (non-hydrogen) atoms. The van der Waals surface area contributed by atoms with Crippen LogP contribution in [0.15, 0.2) is 30.9 Å². The van der Waals surface area contributed by atoms with E-state index in [1.165, 1.54) is 0 Å². The SMILES string of the molecule is Cc1cnc(CNC(=O)[C@@H](C)Cn2cccn2)cn1. The van der Waals surface area contributed by atoms with Crippen LogP contribution in [0.2, 0.25) is 0 Å². The Morgan fingerprint density at radius 3 is 2.89 bits per heavy atom. The first-order valence-electron chi connectivity index (χ1n) is 6.18. The van der Waals surface area contributed by atoms with Gasteiger partial charge in [0.2, 0.25) is 5.91 Å². The Bertz CT molecular complexity index is 520. The summed E-state index contributed by atoms with van der Waals surface area (Å²) in [6.45, 7) is 4.72. The molecule has 0 radical (unpaired) electrons. The van der Waals surface area contributed by atoms with E-state index in [0.717, 1.165) is 11.4 Å². The lowest BCUT2D eigenvalue weighted by Crippen LogP contribution is -2.31. The fourth-order valence-electron chi connectivity index (χ4n) is 1.63. The van der Waals surface area contributed by atoms with E-state index in [9.17, 15) is 4.79 Å². The summed E-state index contributed by atoms with van der Waals surface area (Å²) in [5.74, 6) is -0.156. The van der Waals surface area contributed by atoms with Gasteiger partial charge < -0.3 is 5.32 Å². The van der Waals surface area contributed by atoms with Crippen molar-refractivity contribution in [1.82, 2.24) is 25.1 Å². The van der Waals surface area contributed by atoms with E-state index >= 15 is 0 Å². The molecule has 2 aromatic heterocycles. The molecule has 0 spiro atoms. The number of aromatic nitrogens is 4. The Hall–Kier alpha value is -2.24. The molecule has 0 fully saturated rings. The van der Waals surface area contributed by atoms with Crippen molar-refractivity contribution in [3.8, 4) is 0 Å². The minimum atomic E-state index is -0.140. The zero-order chi connectivity index (χ0) is 13.7. The monoisotopic (exact) mass is 259 g/mol. The summed E-state index contributed by atoms with van der Waals surface area (Å²) in [4.78, 5) is 20.2. The first-order chi connectivity index (χ1) is 9.15. The van der Waals surface area contributed by atoms with E-state index in [2.05, 4.69) is 20.4 Å². The van der Waals surface area contributed by atoms with Crippen LogP contribution in [-0.2, 0) is 17.9 Å². The predicted molar refractivity (Wildman–Crippen MR) is 70.0 cm³/mol. The number of nitrogens with zero attached hydrogens (tertiary/aromatic N) is 4. The van der Waals surface area contributed by atoms with E-state index in [0.29, 0.717) is 13.1 Å². The molecule has 0 aliphatic carbocycles. The van der Waals surface area contributed by atoms with Crippen LogP contribution < -0.4 is 5.32 Å². The number of amides is 1. The number of hydrogen-bond donors (Lipinski definition) is 1. The molecule has 1 N–H and O–H groups in total. The van der Waals surface area contributed by atoms with Crippen molar-refractivity contribution in [3.05, 3.63) is 42.2 Å². The van der Waals surface area contributed by atoms with Gasteiger partial charge in [0.25, 0.3) is 0 Å². The van der Waals surface area contributed by atoms with Gasteiger partial charge in [-0.2, -0.15) is 5.10 Å². The molecule has 2 rings (SSSR count). The van der Waals surface area contributed by atoms with Crippen molar-refractivity contribution in [2.45, 2.75) is 26.9 Å². The van der Waals surface area contributed by atoms with Gasteiger partial charge in [-0.3, -0.25) is 19.4 Å².